The highest BCUT2D eigenvalue weighted by Gasteiger charge is 2.19. The summed E-state index contributed by atoms with van der Waals surface area (Å²) in [6.07, 6.45) is 4.63. The standard InChI is InChI=1S/C18H30OS4/c1-5-9-20-15-13-14(19)16(21-10-6-2)18(23-12-8-4)17(15)22-11-7-3/h13,19H,5-12H2,1-4H3. The van der Waals surface area contributed by atoms with Gasteiger partial charge in [-0.25, -0.2) is 0 Å². The summed E-state index contributed by atoms with van der Waals surface area (Å²) < 4.78 is 0. The van der Waals surface area contributed by atoms with Gasteiger partial charge in [-0.05, 0) is 54.8 Å². The summed E-state index contributed by atoms with van der Waals surface area (Å²) in [6.45, 7) is 8.86. The molecule has 5 heteroatoms. The second-order valence-corrected chi connectivity index (χ2v) is 9.73. The van der Waals surface area contributed by atoms with E-state index in [1.165, 1.54) is 21.1 Å². The molecule has 132 valence electrons. The normalized spacial score (nSPS) is 11.1. The third kappa shape index (κ3) is 7.05. The van der Waals surface area contributed by atoms with E-state index in [-0.39, 0.29) is 0 Å². The van der Waals surface area contributed by atoms with Gasteiger partial charge >= 0.3 is 0 Å². The van der Waals surface area contributed by atoms with Crippen LogP contribution in [0.1, 0.15) is 53.4 Å². The molecule has 1 rings (SSSR count). The van der Waals surface area contributed by atoms with Crippen molar-refractivity contribution >= 4 is 47.0 Å². The van der Waals surface area contributed by atoms with Gasteiger partial charge in [-0.3, -0.25) is 0 Å². The summed E-state index contributed by atoms with van der Waals surface area (Å²) in [5.41, 5.74) is 0. The molecule has 0 saturated heterocycles. The lowest BCUT2D eigenvalue weighted by Gasteiger charge is -2.19. The summed E-state index contributed by atoms with van der Waals surface area (Å²) >= 11 is 7.59. The van der Waals surface area contributed by atoms with E-state index in [0.717, 1.165) is 47.2 Å². The molecule has 1 nitrogen and oxygen atoms in total. The Hall–Kier alpha value is 0.420. The van der Waals surface area contributed by atoms with Gasteiger partial charge in [0.1, 0.15) is 5.75 Å². The molecule has 0 unspecified atom stereocenters. The molecule has 1 aromatic carbocycles. The van der Waals surface area contributed by atoms with Gasteiger partial charge in [0.2, 0.25) is 0 Å². The highest BCUT2D eigenvalue weighted by Crippen LogP contribution is 2.48. The summed E-state index contributed by atoms with van der Waals surface area (Å²) in [4.78, 5) is 5.09. The van der Waals surface area contributed by atoms with E-state index in [2.05, 4.69) is 27.7 Å². The van der Waals surface area contributed by atoms with Crippen LogP contribution in [0.4, 0.5) is 0 Å². The predicted molar refractivity (Wildman–Crippen MR) is 112 cm³/mol. The number of phenolic OH excluding ortho intramolecular Hbond substituents is 1. The second-order valence-electron chi connectivity index (χ2n) is 5.28. The van der Waals surface area contributed by atoms with Crippen LogP contribution in [0.25, 0.3) is 0 Å². The number of hydrogen-bond donors (Lipinski definition) is 1. The smallest absolute Gasteiger partial charge is 0.131 e. The van der Waals surface area contributed by atoms with E-state index < -0.39 is 0 Å². The summed E-state index contributed by atoms with van der Waals surface area (Å²) in [5, 5.41) is 10.6. The zero-order valence-electron chi connectivity index (χ0n) is 14.8. The van der Waals surface area contributed by atoms with Crippen molar-refractivity contribution in [3.63, 3.8) is 0 Å². The third-order valence-electron chi connectivity index (χ3n) is 2.95. The molecule has 0 bridgehead atoms. The van der Waals surface area contributed by atoms with E-state index in [9.17, 15) is 5.11 Å². The maximum atomic E-state index is 10.6. The average Bonchev–Trinajstić information content (AvgIpc) is 2.56. The highest BCUT2D eigenvalue weighted by atomic mass is 32.2. The van der Waals surface area contributed by atoms with Gasteiger partial charge in [0.25, 0.3) is 0 Å². The van der Waals surface area contributed by atoms with Crippen molar-refractivity contribution in [1.82, 2.24) is 0 Å². The van der Waals surface area contributed by atoms with Gasteiger partial charge in [-0.1, -0.05) is 27.7 Å². The zero-order chi connectivity index (χ0) is 17.1. The van der Waals surface area contributed by atoms with Crippen molar-refractivity contribution in [3.8, 4) is 5.75 Å². The molecule has 0 radical (unpaired) electrons. The zero-order valence-corrected chi connectivity index (χ0v) is 18.1. The van der Waals surface area contributed by atoms with Crippen LogP contribution in [0.15, 0.2) is 25.6 Å². The fourth-order valence-electron chi connectivity index (χ4n) is 1.93. The first-order chi connectivity index (χ1) is 11.2. The van der Waals surface area contributed by atoms with Crippen LogP contribution in [0.2, 0.25) is 0 Å². The Bertz CT molecular complexity index is 463. The second kappa shape index (κ2) is 12.7. The Balaban J connectivity index is 3.26. The van der Waals surface area contributed by atoms with E-state index in [0.29, 0.717) is 5.75 Å². The minimum atomic E-state index is 0.474. The van der Waals surface area contributed by atoms with Gasteiger partial charge in [0, 0.05) is 14.7 Å². The average molecular weight is 391 g/mol. The SMILES string of the molecule is CCCSc1cc(O)c(SCCC)c(SCCC)c1SCCC. The van der Waals surface area contributed by atoms with Gasteiger partial charge < -0.3 is 5.11 Å². The maximum Gasteiger partial charge on any atom is 0.131 e. The summed E-state index contributed by atoms with van der Waals surface area (Å²) in [5.74, 6) is 4.90. The number of phenols is 1. The molecule has 0 aliphatic carbocycles. The van der Waals surface area contributed by atoms with Gasteiger partial charge in [-0.15, -0.1) is 47.0 Å². The number of rotatable bonds is 12. The lowest BCUT2D eigenvalue weighted by atomic mass is 10.3. The van der Waals surface area contributed by atoms with Crippen LogP contribution in [0, 0.1) is 0 Å². The summed E-state index contributed by atoms with van der Waals surface area (Å²) in [6, 6.07) is 2.01. The minimum absolute atomic E-state index is 0.474. The van der Waals surface area contributed by atoms with E-state index >= 15 is 0 Å². The van der Waals surface area contributed by atoms with E-state index in [1.807, 2.05) is 53.1 Å². The lowest BCUT2D eigenvalue weighted by Crippen LogP contribution is -1.93. The number of thioether (sulfide) groups is 4. The lowest BCUT2D eigenvalue weighted by molar-refractivity contribution is 0.455. The topological polar surface area (TPSA) is 20.2 Å². The number of benzene rings is 1. The molecular weight excluding hydrogens is 360 g/mol. The summed E-state index contributed by atoms with van der Waals surface area (Å²) in [7, 11) is 0. The minimum Gasteiger partial charge on any atom is -0.507 e. The molecule has 23 heavy (non-hydrogen) atoms. The first-order valence-electron chi connectivity index (χ1n) is 8.60. The van der Waals surface area contributed by atoms with Crippen molar-refractivity contribution in [2.45, 2.75) is 73.0 Å². The van der Waals surface area contributed by atoms with Crippen molar-refractivity contribution in [2.24, 2.45) is 0 Å². The van der Waals surface area contributed by atoms with Crippen molar-refractivity contribution < 1.29 is 5.11 Å². The Kier molecular flexibility index (Phi) is 11.9. The van der Waals surface area contributed by atoms with Crippen LogP contribution in [-0.2, 0) is 0 Å². The Morgan fingerprint density at radius 1 is 0.652 bits per heavy atom. The number of aromatic hydroxyl groups is 1. The van der Waals surface area contributed by atoms with Crippen LogP contribution < -0.4 is 0 Å². The molecule has 0 aliphatic rings. The molecule has 0 heterocycles. The fraction of sp³-hybridized carbons (Fsp3) is 0.667. The molecule has 1 N–H and O–H groups in total. The quantitative estimate of drug-likeness (QED) is 0.374. The third-order valence-corrected chi connectivity index (χ3v) is 8.53. The van der Waals surface area contributed by atoms with Crippen molar-refractivity contribution in [3.05, 3.63) is 6.07 Å². The molecule has 0 fully saturated rings. The predicted octanol–water partition coefficient (Wildman–Crippen LogP) is 7.40. The van der Waals surface area contributed by atoms with Crippen LogP contribution in [0.3, 0.4) is 0 Å². The molecular formula is C18H30OS4. The van der Waals surface area contributed by atoms with Gasteiger partial charge in [0.05, 0.1) is 4.90 Å². The molecule has 0 amide bonds. The largest absolute Gasteiger partial charge is 0.507 e. The van der Waals surface area contributed by atoms with Gasteiger partial charge in [0.15, 0.2) is 0 Å². The fourth-order valence-corrected chi connectivity index (χ4v) is 6.54. The first kappa shape index (κ1) is 21.5. The van der Waals surface area contributed by atoms with E-state index in [1.54, 1.807) is 0 Å². The van der Waals surface area contributed by atoms with Crippen molar-refractivity contribution in [1.29, 1.82) is 0 Å². The Labute approximate surface area is 159 Å². The molecule has 1 aromatic rings. The molecule has 0 aliphatic heterocycles. The van der Waals surface area contributed by atoms with Crippen LogP contribution in [0.5, 0.6) is 5.75 Å². The molecule has 0 aromatic heterocycles. The first-order valence-corrected chi connectivity index (χ1v) is 12.5. The van der Waals surface area contributed by atoms with Gasteiger partial charge in [-0.2, -0.15) is 0 Å². The van der Waals surface area contributed by atoms with Crippen LogP contribution in [-0.4, -0.2) is 28.1 Å². The molecule has 0 saturated carbocycles. The molecule has 0 spiro atoms. The maximum absolute atomic E-state index is 10.6. The van der Waals surface area contributed by atoms with Crippen molar-refractivity contribution in [2.75, 3.05) is 23.0 Å². The highest BCUT2D eigenvalue weighted by molar-refractivity contribution is 8.04. The Morgan fingerprint density at radius 3 is 1.61 bits per heavy atom. The van der Waals surface area contributed by atoms with Crippen LogP contribution >= 0.6 is 47.0 Å². The number of hydrogen-bond acceptors (Lipinski definition) is 5. The molecule has 0 atom stereocenters. The monoisotopic (exact) mass is 390 g/mol. The Morgan fingerprint density at radius 2 is 1.09 bits per heavy atom. The van der Waals surface area contributed by atoms with E-state index in [4.69, 9.17) is 0 Å².